The highest BCUT2D eigenvalue weighted by atomic mass is 14.5. The third kappa shape index (κ3) is 2.17. The first kappa shape index (κ1) is 12.1. The van der Waals surface area contributed by atoms with E-state index in [-0.39, 0.29) is 0 Å². The van der Waals surface area contributed by atoms with Gasteiger partial charge in [-0.3, -0.25) is 0 Å². The van der Waals surface area contributed by atoms with Crippen LogP contribution in [-0.2, 0) is 0 Å². The number of fused-ring (bicyclic) bond motifs is 1. The van der Waals surface area contributed by atoms with Crippen LogP contribution < -0.4 is 0 Å². The first-order valence-electron chi connectivity index (χ1n) is 8.34. The Balaban J connectivity index is 1.69. The molecule has 3 atom stereocenters. The van der Waals surface area contributed by atoms with E-state index in [2.05, 4.69) is 6.92 Å². The Morgan fingerprint density at radius 3 is 2.35 bits per heavy atom. The molecule has 17 heavy (non-hydrogen) atoms. The van der Waals surface area contributed by atoms with Gasteiger partial charge in [0.2, 0.25) is 0 Å². The Labute approximate surface area is 108 Å². The lowest BCUT2D eigenvalue weighted by Gasteiger charge is -2.47. The molecule has 0 heteroatoms. The molecule has 3 aliphatic rings. The van der Waals surface area contributed by atoms with E-state index in [0.29, 0.717) is 0 Å². The summed E-state index contributed by atoms with van der Waals surface area (Å²) in [5.74, 6) is 3.38. The second kappa shape index (κ2) is 4.94. The van der Waals surface area contributed by atoms with Gasteiger partial charge < -0.3 is 0 Å². The zero-order chi connectivity index (χ0) is 11.7. The van der Waals surface area contributed by atoms with Crippen molar-refractivity contribution in [2.45, 2.75) is 84.0 Å². The highest BCUT2D eigenvalue weighted by molar-refractivity contribution is 4.94. The minimum Gasteiger partial charge on any atom is -0.0648 e. The Morgan fingerprint density at radius 1 is 0.824 bits per heavy atom. The molecular formula is C17H30. The topological polar surface area (TPSA) is 0 Å². The maximum atomic E-state index is 2.48. The van der Waals surface area contributed by atoms with Crippen molar-refractivity contribution in [3.8, 4) is 0 Å². The summed E-state index contributed by atoms with van der Waals surface area (Å²) in [4.78, 5) is 0. The zero-order valence-electron chi connectivity index (χ0n) is 11.7. The molecule has 0 bridgehead atoms. The van der Waals surface area contributed by atoms with E-state index in [1.54, 1.807) is 51.4 Å². The maximum Gasteiger partial charge on any atom is -0.0272 e. The maximum absolute atomic E-state index is 2.48. The highest BCUT2D eigenvalue weighted by Crippen LogP contribution is 2.54. The van der Waals surface area contributed by atoms with Gasteiger partial charge in [-0.05, 0) is 55.3 Å². The standard InChI is InChI=1S/C17H30/c1-2-17(11-4-3-5-12-17)16-10-9-14-7-6-8-15(14)13-16/h14-16H,2-13H2,1H3. The van der Waals surface area contributed by atoms with Crippen molar-refractivity contribution in [2.24, 2.45) is 23.2 Å². The lowest BCUT2D eigenvalue weighted by Crippen LogP contribution is -2.37. The van der Waals surface area contributed by atoms with Crippen LogP contribution in [0.5, 0.6) is 0 Å². The molecule has 0 nitrogen and oxygen atoms in total. The molecule has 3 saturated carbocycles. The molecule has 0 N–H and O–H groups in total. The van der Waals surface area contributed by atoms with Crippen LogP contribution in [0.3, 0.4) is 0 Å². The van der Waals surface area contributed by atoms with Crippen molar-refractivity contribution >= 4 is 0 Å². The fraction of sp³-hybridized carbons (Fsp3) is 1.00. The van der Waals surface area contributed by atoms with Crippen molar-refractivity contribution in [1.82, 2.24) is 0 Å². The lowest BCUT2D eigenvalue weighted by molar-refractivity contribution is 0.0333. The molecule has 0 aromatic heterocycles. The monoisotopic (exact) mass is 234 g/mol. The van der Waals surface area contributed by atoms with Crippen LogP contribution in [0, 0.1) is 23.2 Å². The summed E-state index contributed by atoms with van der Waals surface area (Å²) in [6.45, 7) is 2.48. The molecule has 0 aliphatic heterocycles. The van der Waals surface area contributed by atoms with Gasteiger partial charge in [0, 0.05) is 0 Å². The predicted octanol–water partition coefficient (Wildman–Crippen LogP) is 5.56. The Hall–Kier alpha value is 0. The number of hydrogen-bond donors (Lipinski definition) is 0. The van der Waals surface area contributed by atoms with E-state index >= 15 is 0 Å². The smallest absolute Gasteiger partial charge is 0.0272 e. The fourth-order valence-electron chi connectivity index (χ4n) is 5.57. The summed E-state index contributed by atoms with van der Waals surface area (Å²) >= 11 is 0. The molecule has 0 heterocycles. The van der Waals surface area contributed by atoms with Crippen LogP contribution >= 0.6 is 0 Å². The van der Waals surface area contributed by atoms with Gasteiger partial charge >= 0.3 is 0 Å². The Morgan fingerprint density at radius 2 is 1.59 bits per heavy atom. The van der Waals surface area contributed by atoms with Crippen LogP contribution in [0.1, 0.15) is 84.0 Å². The van der Waals surface area contributed by atoms with Gasteiger partial charge in [-0.2, -0.15) is 0 Å². The summed E-state index contributed by atoms with van der Waals surface area (Å²) in [5, 5.41) is 0. The van der Waals surface area contributed by atoms with Crippen LogP contribution in [0.25, 0.3) is 0 Å². The fourth-order valence-corrected chi connectivity index (χ4v) is 5.57. The molecule has 0 amide bonds. The van der Waals surface area contributed by atoms with E-state index in [1.165, 1.54) is 25.7 Å². The van der Waals surface area contributed by atoms with Gasteiger partial charge in [0.1, 0.15) is 0 Å². The van der Waals surface area contributed by atoms with Gasteiger partial charge in [0.05, 0.1) is 0 Å². The highest BCUT2D eigenvalue weighted by Gasteiger charge is 2.43. The average molecular weight is 234 g/mol. The van der Waals surface area contributed by atoms with Crippen molar-refractivity contribution in [3.05, 3.63) is 0 Å². The van der Waals surface area contributed by atoms with Gasteiger partial charge in [0.25, 0.3) is 0 Å². The first-order chi connectivity index (χ1) is 8.34. The quantitative estimate of drug-likeness (QED) is 0.586. The van der Waals surface area contributed by atoms with Crippen molar-refractivity contribution in [2.75, 3.05) is 0 Å². The SMILES string of the molecule is CCC1(C2CCC3CCCC3C2)CCCCC1. The minimum absolute atomic E-state index is 0.784. The Bertz CT molecular complexity index is 249. The first-order valence-corrected chi connectivity index (χ1v) is 8.34. The number of rotatable bonds is 2. The third-order valence-corrected chi connectivity index (χ3v) is 6.71. The summed E-state index contributed by atoms with van der Waals surface area (Å²) in [6, 6.07) is 0. The van der Waals surface area contributed by atoms with E-state index in [9.17, 15) is 0 Å². The van der Waals surface area contributed by atoms with E-state index in [4.69, 9.17) is 0 Å². The lowest BCUT2D eigenvalue weighted by atomic mass is 9.58. The largest absolute Gasteiger partial charge is 0.0648 e. The summed E-state index contributed by atoms with van der Waals surface area (Å²) in [7, 11) is 0. The minimum atomic E-state index is 0.784. The molecule has 0 saturated heterocycles. The number of hydrogen-bond acceptors (Lipinski definition) is 0. The molecule has 3 unspecified atom stereocenters. The zero-order valence-corrected chi connectivity index (χ0v) is 11.7. The van der Waals surface area contributed by atoms with Gasteiger partial charge in [-0.1, -0.05) is 51.9 Å². The molecule has 3 fully saturated rings. The molecule has 0 radical (unpaired) electrons. The van der Waals surface area contributed by atoms with Crippen molar-refractivity contribution < 1.29 is 0 Å². The third-order valence-electron chi connectivity index (χ3n) is 6.71. The van der Waals surface area contributed by atoms with Gasteiger partial charge in [0.15, 0.2) is 0 Å². The van der Waals surface area contributed by atoms with E-state index < -0.39 is 0 Å². The van der Waals surface area contributed by atoms with Gasteiger partial charge in [-0.25, -0.2) is 0 Å². The van der Waals surface area contributed by atoms with Crippen LogP contribution in [0.15, 0.2) is 0 Å². The Kier molecular flexibility index (Phi) is 3.50. The van der Waals surface area contributed by atoms with Crippen LogP contribution in [0.2, 0.25) is 0 Å². The van der Waals surface area contributed by atoms with Crippen LogP contribution in [-0.4, -0.2) is 0 Å². The van der Waals surface area contributed by atoms with Gasteiger partial charge in [-0.15, -0.1) is 0 Å². The molecule has 0 aromatic rings. The molecule has 0 spiro atoms. The predicted molar refractivity (Wildman–Crippen MR) is 74.0 cm³/mol. The molecule has 3 aliphatic carbocycles. The molecule has 3 rings (SSSR count). The second-order valence-corrected chi connectivity index (χ2v) is 7.24. The average Bonchev–Trinajstić information content (AvgIpc) is 2.86. The second-order valence-electron chi connectivity index (χ2n) is 7.24. The molecule has 0 aromatic carbocycles. The molecule has 98 valence electrons. The summed E-state index contributed by atoms with van der Waals surface area (Å²) in [6.07, 6.45) is 18.6. The molecular weight excluding hydrogens is 204 g/mol. The van der Waals surface area contributed by atoms with Crippen LogP contribution in [0.4, 0.5) is 0 Å². The van der Waals surface area contributed by atoms with E-state index in [1.807, 2.05) is 0 Å². The van der Waals surface area contributed by atoms with E-state index in [0.717, 1.165) is 23.2 Å². The summed E-state index contributed by atoms with van der Waals surface area (Å²) in [5.41, 5.74) is 0.784. The normalized spacial score (nSPS) is 41.1. The summed E-state index contributed by atoms with van der Waals surface area (Å²) < 4.78 is 0. The van der Waals surface area contributed by atoms with Crippen molar-refractivity contribution in [1.29, 1.82) is 0 Å². The van der Waals surface area contributed by atoms with Crippen molar-refractivity contribution in [3.63, 3.8) is 0 Å².